The van der Waals surface area contributed by atoms with Crippen LogP contribution in [0.3, 0.4) is 0 Å². The number of carbonyl (C=O) groups excluding carboxylic acids is 1. The van der Waals surface area contributed by atoms with E-state index >= 15 is 0 Å². The highest BCUT2D eigenvalue weighted by Gasteiger charge is 2.12. The zero-order chi connectivity index (χ0) is 9.84. The summed E-state index contributed by atoms with van der Waals surface area (Å²) in [5, 5.41) is 8.64. The first-order chi connectivity index (χ1) is 6.19. The van der Waals surface area contributed by atoms with Crippen molar-refractivity contribution in [3.63, 3.8) is 0 Å². The van der Waals surface area contributed by atoms with Gasteiger partial charge in [0.25, 0.3) is 0 Å². The Morgan fingerprint density at radius 2 is 2.31 bits per heavy atom. The maximum absolute atomic E-state index is 10.6. The molecule has 0 saturated carbocycles. The Bertz CT molecular complexity index is 348. The number of aromatic carboxylic acids is 1. The van der Waals surface area contributed by atoms with Gasteiger partial charge in [-0.05, 0) is 6.07 Å². The Morgan fingerprint density at radius 3 is 2.77 bits per heavy atom. The summed E-state index contributed by atoms with van der Waals surface area (Å²) in [4.78, 5) is 24.6. The number of carboxylic acids is 1. The van der Waals surface area contributed by atoms with Crippen LogP contribution in [0.15, 0.2) is 12.1 Å². The molecule has 1 aromatic heterocycles. The van der Waals surface area contributed by atoms with Crippen LogP contribution in [0.2, 0.25) is 0 Å². The molecular weight excluding hydrogens is 174 g/mol. The number of methoxy groups -OCH3 is 1. The van der Waals surface area contributed by atoms with Gasteiger partial charge < -0.3 is 9.84 Å². The van der Waals surface area contributed by atoms with Crippen molar-refractivity contribution >= 4 is 12.3 Å². The highest BCUT2D eigenvalue weighted by Crippen LogP contribution is 2.10. The van der Waals surface area contributed by atoms with Crippen molar-refractivity contribution in [1.82, 2.24) is 4.98 Å². The fourth-order valence-corrected chi connectivity index (χ4v) is 0.832. The topological polar surface area (TPSA) is 76.5 Å². The van der Waals surface area contributed by atoms with Gasteiger partial charge in [0.05, 0.1) is 7.11 Å². The van der Waals surface area contributed by atoms with Crippen molar-refractivity contribution in [2.75, 3.05) is 7.11 Å². The Kier molecular flexibility index (Phi) is 2.59. The molecule has 1 aromatic rings. The van der Waals surface area contributed by atoms with Gasteiger partial charge in [-0.3, -0.25) is 4.79 Å². The smallest absolute Gasteiger partial charge is 0.355 e. The Labute approximate surface area is 74.0 Å². The molecule has 5 heteroatoms. The summed E-state index contributed by atoms with van der Waals surface area (Å²) < 4.78 is 4.71. The molecule has 1 heterocycles. The molecule has 0 saturated heterocycles. The van der Waals surface area contributed by atoms with E-state index in [0.717, 1.165) is 0 Å². The van der Waals surface area contributed by atoms with Crippen molar-refractivity contribution in [2.45, 2.75) is 0 Å². The number of aldehydes is 1. The van der Waals surface area contributed by atoms with Crippen LogP contribution in [0.5, 0.6) is 5.88 Å². The van der Waals surface area contributed by atoms with Crippen molar-refractivity contribution in [3.05, 3.63) is 23.4 Å². The van der Waals surface area contributed by atoms with E-state index in [0.29, 0.717) is 6.29 Å². The molecule has 0 atom stereocenters. The molecule has 13 heavy (non-hydrogen) atoms. The lowest BCUT2D eigenvalue weighted by Crippen LogP contribution is -2.06. The number of carbonyl (C=O) groups is 2. The van der Waals surface area contributed by atoms with E-state index in [2.05, 4.69) is 4.98 Å². The minimum Gasteiger partial charge on any atom is -0.481 e. The van der Waals surface area contributed by atoms with Gasteiger partial charge in [0.1, 0.15) is 0 Å². The van der Waals surface area contributed by atoms with E-state index in [4.69, 9.17) is 9.84 Å². The predicted molar refractivity (Wildman–Crippen MR) is 43.1 cm³/mol. The zero-order valence-electron chi connectivity index (χ0n) is 6.85. The van der Waals surface area contributed by atoms with Gasteiger partial charge in [0, 0.05) is 11.6 Å². The zero-order valence-corrected chi connectivity index (χ0v) is 6.85. The van der Waals surface area contributed by atoms with Crippen LogP contribution in [0, 0.1) is 0 Å². The summed E-state index contributed by atoms with van der Waals surface area (Å²) in [6.45, 7) is 0. The summed E-state index contributed by atoms with van der Waals surface area (Å²) in [5.74, 6) is -1.08. The average molecular weight is 181 g/mol. The van der Waals surface area contributed by atoms with Gasteiger partial charge in [-0.1, -0.05) is 0 Å². The molecule has 0 radical (unpaired) electrons. The van der Waals surface area contributed by atoms with Crippen LogP contribution in [-0.4, -0.2) is 29.5 Å². The Hall–Kier alpha value is -1.91. The molecule has 1 rings (SSSR count). The van der Waals surface area contributed by atoms with Gasteiger partial charge in [-0.25, -0.2) is 9.78 Å². The van der Waals surface area contributed by atoms with Gasteiger partial charge in [0.2, 0.25) is 5.88 Å². The average Bonchev–Trinajstić information content (AvgIpc) is 2.16. The van der Waals surface area contributed by atoms with Crippen molar-refractivity contribution < 1.29 is 19.4 Å². The third kappa shape index (κ3) is 1.81. The standard InChI is InChI=1S/C8H7NO4/c1-13-6-3-2-5(4-10)7(9-6)8(11)12/h2-4H,1H3,(H,11,12). The number of pyridine rings is 1. The maximum atomic E-state index is 10.6. The molecular formula is C8H7NO4. The lowest BCUT2D eigenvalue weighted by atomic mass is 10.2. The largest absolute Gasteiger partial charge is 0.481 e. The Morgan fingerprint density at radius 1 is 1.62 bits per heavy atom. The lowest BCUT2D eigenvalue weighted by molar-refractivity contribution is 0.0686. The van der Waals surface area contributed by atoms with Crippen LogP contribution in [-0.2, 0) is 0 Å². The summed E-state index contributed by atoms with van der Waals surface area (Å²) in [7, 11) is 1.37. The fraction of sp³-hybridized carbons (Fsp3) is 0.125. The molecule has 0 aliphatic heterocycles. The SMILES string of the molecule is COc1ccc(C=O)c(C(=O)O)n1. The molecule has 0 aromatic carbocycles. The molecule has 68 valence electrons. The summed E-state index contributed by atoms with van der Waals surface area (Å²) in [6, 6.07) is 2.78. The van der Waals surface area contributed by atoms with Gasteiger partial charge in [-0.2, -0.15) is 0 Å². The number of rotatable bonds is 3. The van der Waals surface area contributed by atoms with Gasteiger partial charge in [0.15, 0.2) is 12.0 Å². The van der Waals surface area contributed by atoms with Crippen molar-refractivity contribution in [1.29, 1.82) is 0 Å². The third-order valence-electron chi connectivity index (χ3n) is 1.44. The number of carboxylic acid groups (broad SMARTS) is 1. The van der Waals surface area contributed by atoms with E-state index in [-0.39, 0.29) is 17.1 Å². The lowest BCUT2D eigenvalue weighted by Gasteiger charge is -2.01. The van der Waals surface area contributed by atoms with Crippen LogP contribution >= 0.6 is 0 Å². The van der Waals surface area contributed by atoms with E-state index in [1.165, 1.54) is 19.2 Å². The number of nitrogens with zero attached hydrogens (tertiary/aromatic N) is 1. The van der Waals surface area contributed by atoms with Crippen LogP contribution in [0.1, 0.15) is 20.8 Å². The second-order valence-electron chi connectivity index (χ2n) is 2.21. The normalized spacial score (nSPS) is 9.31. The van der Waals surface area contributed by atoms with E-state index in [1.807, 2.05) is 0 Å². The van der Waals surface area contributed by atoms with E-state index < -0.39 is 5.97 Å². The number of aromatic nitrogens is 1. The van der Waals surface area contributed by atoms with Crippen molar-refractivity contribution in [3.8, 4) is 5.88 Å². The third-order valence-corrected chi connectivity index (χ3v) is 1.44. The first kappa shape index (κ1) is 9.18. The Balaban J connectivity index is 3.25. The summed E-state index contributed by atoms with van der Waals surface area (Å²) in [6.07, 6.45) is 0.440. The molecule has 0 aliphatic carbocycles. The molecule has 0 fully saturated rings. The maximum Gasteiger partial charge on any atom is 0.355 e. The summed E-state index contributed by atoms with van der Waals surface area (Å²) >= 11 is 0. The number of ether oxygens (including phenoxy) is 1. The minimum absolute atomic E-state index is 0.0355. The quantitative estimate of drug-likeness (QED) is 0.691. The van der Waals surface area contributed by atoms with E-state index in [1.54, 1.807) is 0 Å². The molecule has 0 spiro atoms. The number of hydrogen-bond donors (Lipinski definition) is 1. The van der Waals surface area contributed by atoms with Crippen LogP contribution in [0.25, 0.3) is 0 Å². The molecule has 0 amide bonds. The van der Waals surface area contributed by atoms with Crippen LogP contribution in [0.4, 0.5) is 0 Å². The molecule has 0 aliphatic rings. The van der Waals surface area contributed by atoms with Gasteiger partial charge >= 0.3 is 5.97 Å². The second-order valence-corrected chi connectivity index (χ2v) is 2.21. The molecule has 5 nitrogen and oxygen atoms in total. The number of hydrogen-bond acceptors (Lipinski definition) is 4. The predicted octanol–water partition coefficient (Wildman–Crippen LogP) is 0.601. The summed E-state index contributed by atoms with van der Waals surface area (Å²) in [5.41, 5.74) is -0.261. The highest BCUT2D eigenvalue weighted by molar-refractivity contribution is 5.95. The van der Waals surface area contributed by atoms with Gasteiger partial charge in [-0.15, -0.1) is 0 Å². The first-order valence-electron chi connectivity index (χ1n) is 3.42. The molecule has 1 N–H and O–H groups in total. The van der Waals surface area contributed by atoms with Crippen LogP contribution < -0.4 is 4.74 Å². The van der Waals surface area contributed by atoms with E-state index in [9.17, 15) is 9.59 Å². The molecule has 0 bridgehead atoms. The minimum atomic E-state index is -1.25. The first-order valence-corrected chi connectivity index (χ1v) is 3.42. The monoisotopic (exact) mass is 181 g/mol. The molecule has 0 unspecified atom stereocenters. The fourth-order valence-electron chi connectivity index (χ4n) is 0.832. The highest BCUT2D eigenvalue weighted by atomic mass is 16.5. The van der Waals surface area contributed by atoms with Crippen molar-refractivity contribution in [2.24, 2.45) is 0 Å². The second kappa shape index (κ2) is 3.66.